The zero-order valence-electron chi connectivity index (χ0n) is 11.6. The number of carbonyl (C=O) groups is 1. The van der Waals surface area contributed by atoms with Crippen molar-refractivity contribution in [3.05, 3.63) is 47.2 Å². The van der Waals surface area contributed by atoms with Gasteiger partial charge in [-0.3, -0.25) is 4.79 Å². The van der Waals surface area contributed by atoms with Gasteiger partial charge in [0.15, 0.2) is 5.69 Å². The van der Waals surface area contributed by atoms with Crippen molar-refractivity contribution in [2.75, 3.05) is 7.11 Å². The van der Waals surface area contributed by atoms with Crippen LogP contribution in [-0.4, -0.2) is 37.6 Å². The van der Waals surface area contributed by atoms with Crippen LogP contribution in [0, 0.1) is 0 Å². The fourth-order valence-corrected chi connectivity index (χ4v) is 2.20. The first-order chi connectivity index (χ1) is 10.8. The lowest BCUT2D eigenvalue weighted by molar-refractivity contribution is 0.0945. The van der Waals surface area contributed by atoms with Crippen LogP contribution in [0.25, 0.3) is 5.69 Å². The van der Waals surface area contributed by atoms with Gasteiger partial charge in [-0.2, -0.15) is 0 Å². The Morgan fingerprint density at radius 1 is 1.32 bits per heavy atom. The number of amides is 1. The van der Waals surface area contributed by atoms with Gasteiger partial charge in [0, 0.05) is 5.38 Å². The Morgan fingerprint density at radius 3 is 2.82 bits per heavy atom. The molecule has 0 atom stereocenters. The van der Waals surface area contributed by atoms with Gasteiger partial charge in [0.05, 0.1) is 25.5 Å². The van der Waals surface area contributed by atoms with E-state index in [0.29, 0.717) is 11.4 Å². The smallest absolute Gasteiger partial charge is 0.273 e. The zero-order valence-corrected chi connectivity index (χ0v) is 12.4. The number of hydrogen-bond donors (Lipinski definition) is 1. The molecule has 22 heavy (non-hydrogen) atoms. The van der Waals surface area contributed by atoms with E-state index < -0.39 is 0 Å². The Balaban J connectivity index is 1.64. The maximum Gasteiger partial charge on any atom is 0.273 e. The maximum atomic E-state index is 11.8. The molecule has 0 radical (unpaired) electrons. The van der Waals surface area contributed by atoms with Gasteiger partial charge in [0.25, 0.3) is 5.91 Å². The molecule has 0 unspecified atom stereocenters. The van der Waals surface area contributed by atoms with Crippen molar-refractivity contribution in [3.63, 3.8) is 0 Å². The second-order valence-electron chi connectivity index (χ2n) is 4.33. The van der Waals surface area contributed by atoms with Crippen LogP contribution in [0.15, 0.2) is 35.8 Å². The standard InChI is InChI=1S/C13H12N6O2S/c1-21-11-4-2-10(3-5-11)19-7-9(15-17-19)6-14-13(20)12-8-22-18-16-12/h2-5,7-8H,6H2,1H3,(H,14,20). The lowest BCUT2D eigenvalue weighted by atomic mass is 10.3. The number of nitrogens with one attached hydrogen (secondary N) is 1. The van der Waals surface area contributed by atoms with Gasteiger partial charge in [-0.05, 0) is 35.8 Å². The molecule has 112 valence electrons. The Morgan fingerprint density at radius 2 is 2.14 bits per heavy atom. The molecule has 0 fully saturated rings. The lowest BCUT2D eigenvalue weighted by Crippen LogP contribution is -2.23. The van der Waals surface area contributed by atoms with E-state index in [1.54, 1.807) is 23.4 Å². The predicted octanol–water partition coefficient (Wildman–Crippen LogP) is 1.06. The summed E-state index contributed by atoms with van der Waals surface area (Å²) in [7, 11) is 1.61. The van der Waals surface area contributed by atoms with Crippen LogP contribution < -0.4 is 10.1 Å². The number of nitrogens with zero attached hydrogens (tertiary/aromatic N) is 5. The largest absolute Gasteiger partial charge is 0.497 e. The molecule has 1 amide bonds. The summed E-state index contributed by atoms with van der Waals surface area (Å²) >= 11 is 1.13. The molecule has 3 aromatic rings. The summed E-state index contributed by atoms with van der Waals surface area (Å²) in [6.45, 7) is 0.270. The SMILES string of the molecule is COc1ccc(-n2cc(CNC(=O)c3csnn3)nn2)cc1. The molecule has 0 aliphatic carbocycles. The van der Waals surface area contributed by atoms with Crippen molar-refractivity contribution in [3.8, 4) is 11.4 Å². The van der Waals surface area contributed by atoms with Crippen LogP contribution in [-0.2, 0) is 6.54 Å². The van der Waals surface area contributed by atoms with Crippen molar-refractivity contribution in [2.24, 2.45) is 0 Å². The highest BCUT2D eigenvalue weighted by atomic mass is 32.1. The predicted molar refractivity (Wildman–Crippen MR) is 79.0 cm³/mol. The first-order valence-corrected chi connectivity index (χ1v) is 7.21. The molecular formula is C13H12N6O2S. The zero-order chi connectivity index (χ0) is 15.4. The van der Waals surface area contributed by atoms with Gasteiger partial charge in [0.1, 0.15) is 11.4 Å². The van der Waals surface area contributed by atoms with Crippen LogP contribution in [0.1, 0.15) is 16.2 Å². The highest BCUT2D eigenvalue weighted by Gasteiger charge is 2.09. The first kappa shape index (κ1) is 14.1. The Hall–Kier alpha value is -2.81. The van der Waals surface area contributed by atoms with Gasteiger partial charge in [-0.1, -0.05) is 9.70 Å². The molecule has 0 saturated heterocycles. The van der Waals surface area contributed by atoms with Crippen LogP contribution in [0.2, 0.25) is 0 Å². The number of ether oxygens (including phenoxy) is 1. The van der Waals surface area contributed by atoms with Crippen molar-refractivity contribution >= 4 is 17.4 Å². The summed E-state index contributed by atoms with van der Waals surface area (Å²) in [6.07, 6.45) is 1.75. The fraction of sp³-hybridized carbons (Fsp3) is 0.154. The van der Waals surface area contributed by atoms with E-state index >= 15 is 0 Å². The Labute approximate surface area is 129 Å². The molecule has 0 aliphatic rings. The van der Waals surface area contributed by atoms with Crippen molar-refractivity contribution < 1.29 is 9.53 Å². The maximum absolute atomic E-state index is 11.8. The second kappa shape index (κ2) is 6.31. The molecular weight excluding hydrogens is 304 g/mol. The van der Waals surface area contributed by atoms with Gasteiger partial charge < -0.3 is 10.1 Å². The van der Waals surface area contributed by atoms with Gasteiger partial charge in [-0.25, -0.2) is 4.68 Å². The average molecular weight is 316 g/mol. The Bertz CT molecular complexity index is 753. The number of hydrogen-bond acceptors (Lipinski definition) is 7. The van der Waals surface area contributed by atoms with E-state index in [0.717, 1.165) is 23.0 Å². The van der Waals surface area contributed by atoms with Crippen LogP contribution in [0.4, 0.5) is 0 Å². The summed E-state index contributed by atoms with van der Waals surface area (Å²) in [5, 5.41) is 16.1. The first-order valence-electron chi connectivity index (χ1n) is 6.37. The van der Waals surface area contributed by atoms with Gasteiger partial charge in [0.2, 0.25) is 0 Å². The van der Waals surface area contributed by atoms with Crippen LogP contribution in [0.5, 0.6) is 5.75 Å². The quantitative estimate of drug-likeness (QED) is 0.756. The number of methoxy groups -OCH3 is 1. The highest BCUT2D eigenvalue weighted by Crippen LogP contribution is 2.14. The minimum absolute atomic E-state index is 0.270. The fourth-order valence-electron chi connectivity index (χ4n) is 1.77. The Kier molecular flexibility index (Phi) is 4.05. The highest BCUT2D eigenvalue weighted by molar-refractivity contribution is 7.03. The normalized spacial score (nSPS) is 10.4. The average Bonchev–Trinajstić information content (AvgIpc) is 3.24. The third-order valence-electron chi connectivity index (χ3n) is 2.90. The van der Waals surface area contributed by atoms with Gasteiger partial charge in [-0.15, -0.1) is 10.2 Å². The lowest BCUT2D eigenvalue weighted by Gasteiger charge is -2.02. The number of benzene rings is 1. The molecule has 0 aliphatic heterocycles. The number of rotatable bonds is 5. The molecule has 2 aromatic heterocycles. The minimum atomic E-state index is -0.284. The van der Waals surface area contributed by atoms with E-state index in [1.165, 1.54) is 0 Å². The summed E-state index contributed by atoms with van der Waals surface area (Å²) in [5.41, 5.74) is 1.80. The third-order valence-corrected chi connectivity index (χ3v) is 3.41. The van der Waals surface area contributed by atoms with Crippen LogP contribution >= 0.6 is 11.5 Å². The second-order valence-corrected chi connectivity index (χ2v) is 4.94. The molecule has 8 nitrogen and oxygen atoms in total. The van der Waals surface area contributed by atoms with E-state index in [-0.39, 0.29) is 12.5 Å². The van der Waals surface area contributed by atoms with Crippen molar-refractivity contribution in [1.29, 1.82) is 0 Å². The molecule has 9 heteroatoms. The number of carbonyl (C=O) groups excluding carboxylic acids is 1. The van der Waals surface area contributed by atoms with Crippen LogP contribution in [0.3, 0.4) is 0 Å². The third kappa shape index (κ3) is 3.09. The molecule has 0 bridgehead atoms. The molecule has 3 rings (SSSR count). The number of aromatic nitrogens is 5. The van der Waals surface area contributed by atoms with E-state index in [2.05, 4.69) is 25.2 Å². The molecule has 0 spiro atoms. The van der Waals surface area contributed by atoms with E-state index in [4.69, 9.17) is 4.74 Å². The van der Waals surface area contributed by atoms with Crippen molar-refractivity contribution in [2.45, 2.75) is 6.54 Å². The van der Waals surface area contributed by atoms with E-state index in [9.17, 15) is 4.79 Å². The summed E-state index contributed by atoms with van der Waals surface area (Å²) in [6, 6.07) is 7.43. The monoisotopic (exact) mass is 316 g/mol. The molecule has 2 heterocycles. The summed E-state index contributed by atoms with van der Waals surface area (Å²) < 4.78 is 10.4. The van der Waals surface area contributed by atoms with E-state index in [1.807, 2.05) is 24.3 Å². The minimum Gasteiger partial charge on any atom is -0.497 e. The summed E-state index contributed by atoms with van der Waals surface area (Å²) in [4.78, 5) is 11.8. The topological polar surface area (TPSA) is 94.8 Å². The summed E-state index contributed by atoms with van der Waals surface area (Å²) in [5.74, 6) is 0.487. The molecule has 1 N–H and O–H groups in total. The van der Waals surface area contributed by atoms with Gasteiger partial charge >= 0.3 is 0 Å². The van der Waals surface area contributed by atoms with Crippen molar-refractivity contribution in [1.82, 2.24) is 29.9 Å². The molecule has 0 saturated carbocycles. The molecule has 1 aromatic carbocycles.